The number of hydrogen-bond donors (Lipinski definition) is 0. The standard InChI is InChI=1S/C15H15BrN2O2/c1-15(2,9-17)7-4-8-18-12-10(13(19)14(18)20)5-3-6-11(12)16/h3,5-6H,4,7-8H2,1-2H3. The van der Waals surface area contributed by atoms with Gasteiger partial charge in [0.15, 0.2) is 0 Å². The van der Waals surface area contributed by atoms with E-state index in [9.17, 15) is 9.59 Å². The van der Waals surface area contributed by atoms with Gasteiger partial charge in [-0.3, -0.25) is 9.59 Å². The van der Waals surface area contributed by atoms with Crippen molar-refractivity contribution in [2.45, 2.75) is 26.7 Å². The quantitative estimate of drug-likeness (QED) is 0.793. The van der Waals surface area contributed by atoms with Crippen LogP contribution in [0, 0.1) is 16.7 Å². The molecule has 1 amide bonds. The largest absolute Gasteiger partial charge is 0.304 e. The molecule has 0 aromatic heterocycles. The van der Waals surface area contributed by atoms with Crippen LogP contribution in [0.15, 0.2) is 22.7 Å². The topological polar surface area (TPSA) is 61.2 Å². The maximum Gasteiger partial charge on any atom is 0.299 e. The maximum absolute atomic E-state index is 12.0. The van der Waals surface area contributed by atoms with Crippen molar-refractivity contribution in [3.8, 4) is 6.07 Å². The minimum atomic E-state index is -0.485. The molecule has 20 heavy (non-hydrogen) atoms. The molecule has 0 atom stereocenters. The first-order valence-corrected chi connectivity index (χ1v) is 7.22. The lowest BCUT2D eigenvalue weighted by Gasteiger charge is -2.20. The fourth-order valence-corrected chi connectivity index (χ4v) is 2.84. The summed E-state index contributed by atoms with van der Waals surface area (Å²) in [6, 6.07) is 7.47. The van der Waals surface area contributed by atoms with Crippen molar-refractivity contribution < 1.29 is 9.59 Å². The number of anilines is 1. The van der Waals surface area contributed by atoms with Crippen molar-refractivity contribution in [3.63, 3.8) is 0 Å². The van der Waals surface area contributed by atoms with Gasteiger partial charge in [-0.2, -0.15) is 5.26 Å². The van der Waals surface area contributed by atoms with Crippen LogP contribution in [-0.2, 0) is 4.79 Å². The Hall–Kier alpha value is -1.67. The highest BCUT2D eigenvalue weighted by atomic mass is 79.9. The summed E-state index contributed by atoms with van der Waals surface area (Å²) in [4.78, 5) is 25.5. The Balaban J connectivity index is 2.17. The van der Waals surface area contributed by atoms with Crippen molar-refractivity contribution in [1.29, 1.82) is 5.26 Å². The Morgan fingerprint density at radius 3 is 2.70 bits per heavy atom. The molecule has 1 aromatic carbocycles. The van der Waals surface area contributed by atoms with Crippen molar-refractivity contribution in [3.05, 3.63) is 28.2 Å². The molecule has 0 saturated heterocycles. The molecule has 4 nitrogen and oxygen atoms in total. The van der Waals surface area contributed by atoms with Crippen molar-refractivity contribution in [2.24, 2.45) is 5.41 Å². The zero-order valence-electron chi connectivity index (χ0n) is 11.4. The molecule has 1 aliphatic rings. The minimum Gasteiger partial charge on any atom is -0.304 e. The van der Waals surface area contributed by atoms with E-state index >= 15 is 0 Å². The third-order valence-corrected chi connectivity index (χ3v) is 4.07. The lowest BCUT2D eigenvalue weighted by Crippen LogP contribution is -2.31. The molecule has 1 heterocycles. The molecular weight excluding hydrogens is 320 g/mol. The summed E-state index contributed by atoms with van der Waals surface area (Å²) < 4.78 is 0.744. The third-order valence-electron chi connectivity index (χ3n) is 3.43. The number of para-hydroxylation sites is 1. The summed E-state index contributed by atoms with van der Waals surface area (Å²) in [5.74, 6) is -0.942. The van der Waals surface area contributed by atoms with Crippen LogP contribution in [0.5, 0.6) is 0 Å². The van der Waals surface area contributed by atoms with Gasteiger partial charge in [0, 0.05) is 11.0 Å². The van der Waals surface area contributed by atoms with Crippen molar-refractivity contribution in [2.75, 3.05) is 11.4 Å². The van der Waals surface area contributed by atoms with Crippen LogP contribution in [0.1, 0.15) is 37.0 Å². The first kappa shape index (κ1) is 14.7. The van der Waals surface area contributed by atoms with Gasteiger partial charge in [0.05, 0.1) is 22.7 Å². The zero-order valence-corrected chi connectivity index (χ0v) is 13.0. The first-order valence-electron chi connectivity index (χ1n) is 6.43. The number of benzene rings is 1. The van der Waals surface area contributed by atoms with E-state index in [-0.39, 0.29) is 0 Å². The number of carbonyl (C=O) groups excluding carboxylic acids is 2. The summed E-state index contributed by atoms with van der Waals surface area (Å²) >= 11 is 3.39. The van der Waals surface area contributed by atoms with Crippen LogP contribution in [0.25, 0.3) is 0 Å². The normalized spacial score (nSPS) is 14.4. The average Bonchev–Trinajstić information content (AvgIpc) is 2.65. The highest BCUT2D eigenvalue weighted by Crippen LogP contribution is 2.36. The smallest absolute Gasteiger partial charge is 0.299 e. The van der Waals surface area contributed by atoms with Gasteiger partial charge >= 0.3 is 0 Å². The minimum absolute atomic E-state index is 0.413. The van der Waals surface area contributed by atoms with E-state index < -0.39 is 17.1 Å². The van der Waals surface area contributed by atoms with Crippen LogP contribution in [0.4, 0.5) is 5.69 Å². The van der Waals surface area contributed by atoms with Crippen LogP contribution < -0.4 is 4.90 Å². The summed E-state index contributed by atoms with van der Waals surface area (Å²) in [6.07, 6.45) is 1.36. The van der Waals surface area contributed by atoms with Gasteiger partial charge in [0.25, 0.3) is 11.7 Å². The molecule has 0 bridgehead atoms. The number of fused-ring (bicyclic) bond motifs is 1. The SMILES string of the molecule is CC(C)(C#N)CCCN1C(=O)C(=O)c2cccc(Br)c21. The van der Waals surface area contributed by atoms with Gasteiger partial charge in [-0.25, -0.2) is 0 Å². The molecule has 0 spiro atoms. The van der Waals surface area contributed by atoms with E-state index in [1.165, 1.54) is 4.90 Å². The lowest BCUT2D eigenvalue weighted by atomic mass is 9.90. The molecule has 5 heteroatoms. The number of amides is 1. The fourth-order valence-electron chi connectivity index (χ4n) is 2.26. The molecule has 1 aliphatic heterocycles. The maximum atomic E-state index is 12.0. The summed E-state index contributed by atoms with van der Waals surface area (Å²) in [5.41, 5.74) is 0.685. The van der Waals surface area contributed by atoms with E-state index in [4.69, 9.17) is 5.26 Å². The number of hydrogen-bond acceptors (Lipinski definition) is 3. The van der Waals surface area contributed by atoms with Gasteiger partial charge in [0.1, 0.15) is 0 Å². The van der Waals surface area contributed by atoms with Gasteiger partial charge in [-0.05, 0) is 54.8 Å². The molecule has 104 valence electrons. The molecule has 0 unspecified atom stereocenters. The molecule has 0 aliphatic carbocycles. The molecule has 2 rings (SSSR count). The number of nitriles is 1. The predicted molar refractivity (Wildman–Crippen MR) is 79.5 cm³/mol. The van der Waals surface area contributed by atoms with E-state index in [0.717, 1.165) is 4.47 Å². The number of Topliss-reactive ketones (excluding diaryl/α,β-unsaturated/α-hetero) is 1. The predicted octanol–water partition coefficient (Wildman–Crippen LogP) is 3.31. The second-order valence-corrected chi connectivity index (χ2v) is 6.38. The Kier molecular flexibility index (Phi) is 3.96. The zero-order chi connectivity index (χ0) is 14.9. The van der Waals surface area contributed by atoms with Gasteiger partial charge in [0.2, 0.25) is 0 Å². The van der Waals surface area contributed by atoms with Gasteiger partial charge in [-0.15, -0.1) is 0 Å². The van der Waals surface area contributed by atoms with Crippen molar-refractivity contribution >= 4 is 33.3 Å². The number of carbonyl (C=O) groups is 2. The lowest BCUT2D eigenvalue weighted by molar-refractivity contribution is -0.114. The van der Waals surface area contributed by atoms with E-state index in [1.54, 1.807) is 12.1 Å². The first-order chi connectivity index (χ1) is 9.37. The second-order valence-electron chi connectivity index (χ2n) is 5.52. The van der Waals surface area contributed by atoms with Crippen LogP contribution in [-0.4, -0.2) is 18.2 Å². The molecule has 0 radical (unpaired) electrons. The number of ketones is 1. The summed E-state index contributed by atoms with van der Waals surface area (Å²) in [6.45, 7) is 4.19. The average molecular weight is 335 g/mol. The molecular formula is C15H15BrN2O2. The Morgan fingerprint density at radius 2 is 2.05 bits per heavy atom. The Morgan fingerprint density at radius 1 is 1.35 bits per heavy atom. The van der Waals surface area contributed by atoms with Crippen LogP contribution in [0.2, 0.25) is 0 Å². The molecule has 0 fully saturated rings. The number of nitrogens with zero attached hydrogens (tertiary/aromatic N) is 2. The van der Waals surface area contributed by atoms with Crippen molar-refractivity contribution in [1.82, 2.24) is 0 Å². The highest BCUT2D eigenvalue weighted by molar-refractivity contribution is 9.10. The second kappa shape index (κ2) is 5.37. The molecule has 0 saturated carbocycles. The number of rotatable bonds is 4. The highest BCUT2D eigenvalue weighted by Gasteiger charge is 2.36. The fraction of sp³-hybridized carbons (Fsp3) is 0.400. The van der Waals surface area contributed by atoms with Gasteiger partial charge < -0.3 is 4.90 Å². The van der Waals surface area contributed by atoms with E-state index in [2.05, 4.69) is 22.0 Å². The van der Waals surface area contributed by atoms with Gasteiger partial charge in [-0.1, -0.05) is 6.07 Å². The third kappa shape index (κ3) is 2.61. The Bertz CT molecular complexity index is 617. The van der Waals surface area contributed by atoms with E-state index in [0.29, 0.717) is 30.6 Å². The summed E-state index contributed by atoms with van der Waals surface area (Å²) in [5, 5.41) is 8.99. The van der Waals surface area contributed by atoms with Crippen LogP contribution >= 0.6 is 15.9 Å². The summed E-state index contributed by atoms with van der Waals surface area (Å²) in [7, 11) is 0. The molecule has 0 N–H and O–H groups in total. The van der Waals surface area contributed by atoms with E-state index in [1.807, 2.05) is 19.9 Å². The van der Waals surface area contributed by atoms with Crippen LogP contribution in [0.3, 0.4) is 0 Å². The Labute approximate surface area is 126 Å². The molecule has 1 aromatic rings. The monoisotopic (exact) mass is 334 g/mol. The number of halogens is 1.